The molecule has 0 unspecified atom stereocenters. The smallest absolute Gasteiger partial charge is 0.341 e. The van der Waals surface area contributed by atoms with Gasteiger partial charge in [0, 0.05) is 22.6 Å². The van der Waals surface area contributed by atoms with Crippen molar-refractivity contribution in [1.29, 1.82) is 0 Å². The van der Waals surface area contributed by atoms with Gasteiger partial charge in [-0.25, -0.2) is 9.59 Å². The van der Waals surface area contributed by atoms with Crippen molar-refractivity contribution in [2.75, 3.05) is 32.8 Å². The molecule has 33 heavy (non-hydrogen) atoms. The van der Waals surface area contributed by atoms with E-state index in [0.717, 1.165) is 36.1 Å². The lowest BCUT2D eigenvalue weighted by Crippen LogP contribution is -2.21. The van der Waals surface area contributed by atoms with Crippen molar-refractivity contribution < 1.29 is 33.3 Å². The number of esters is 2. The molecule has 8 nitrogen and oxygen atoms in total. The number of ether oxygens (including phenoxy) is 4. The van der Waals surface area contributed by atoms with Crippen LogP contribution in [0.4, 0.5) is 5.00 Å². The second-order valence-corrected chi connectivity index (χ2v) is 8.34. The topological polar surface area (TPSA) is 100 Å². The van der Waals surface area contributed by atoms with Gasteiger partial charge in [0.1, 0.15) is 16.5 Å². The molecule has 0 fully saturated rings. The SMILES string of the molecule is CCOC(=O)c1c(NC(=O)COC(=O)C=Cc2ccc(OC)cc2OC)sc2c1CCCC2. The summed E-state index contributed by atoms with van der Waals surface area (Å²) < 4.78 is 20.7. The summed E-state index contributed by atoms with van der Waals surface area (Å²) in [4.78, 5) is 38.1. The predicted octanol–water partition coefficient (Wildman–Crippen LogP) is 4.02. The number of rotatable bonds is 9. The van der Waals surface area contributed by atoms with Crippen molar-refractivity contribution in [1.82, 2.24) is 0 Å². The Morgan fingerprint density at radius 3 is 2.61 bits per heavy atom. The number of aryl methyl sites for hydroxylation is 1. The first kappa shape index (κ1) is 24.3. The number of hydrogen-bond acceptors (Lipinski definition) is 8. The van der Waals surface area contributed by atoms with Crippen LogP contribution in [0.25, 0.3) is 6.08 Å². The van der Waals surface area contributed by atoms with Gasteiger partial charge < -0.3 is 24.3 Å². The zero-order valence-electron chi connectivity index (χ0n) is 18.9. The van der Waals surface area contributed by atoms with Crippen molar-refractivity contribution in [3.8, 4) is 11.5 Å². The van der Waals surface area contributed by atoms with Gasteiger partial charge in [0.2, 0.25) is 0 Å². The Balaban J connectivity index is 1.62. The second kappa shape index (κ2) is 11.5. The van der Waals surface area contributed by atoms with Gasteiger partial charge in [0.25, 0.3) is 5.91 Å². The van der Waals surface area contributed by atoms with E-state index in [-0.39, 0.29) is 6.61 Å². The molecule has 0 radical (unpaired) electrons. The molecule has 0 saturated carbocycles. The average molecular weight is 474 g/mol. The van der Waals surface area contributed by atoms with Crippen molar-refractivity contribution >= 4 is 40.3 Å². The second-order valence-electron chi connectivity index (χ2n) is 7.23. The molecule has 0 bridgehead atoms. The highest BCUT2D eigenvalue weighted by Gasteiger charge is 2.27. The van der Waals surface area contributed by atoms with E-state index in [1.54, 1.807) is 32.2 Å². The van der Waals surface area contributed by atoms with E-state index in [2.05, 4.69) is 5.32 Å². The number of hydrogen-bond donors (Lipinski definition) is 1. The number of fused-ring (bicyclic) bond motifs is 1. The maximum absolute atomic E-state index is 12.5. The predicted molar refractivity (Wildman–Crippen MR) is 125 cm³/mol. The van der Waals surface area contributed by atoms with Crippen LogP contribution in [0.3, 0.4) is 0 Å². The summed E-state index contributed by atoms with van der Waals surface area (Å²) in [5.74, 6) is -0.493. The normalized spacial score (nSPS) is 12.7. The lowest BCUT2D eigenvalue weighted by molar-refractivity contribution is -0.142. The summed E-state index contributed by atoms with van der Waals surface area (Å²) in [6.45, 7) is 1.51. The molecule has 1 aromatic carbocycles. The molecule has 176 valence electrons. The maximum Gasteiger partial charge on any atom is 0.341 e. The fourth-order valence-corrected chi connectivity index (χ4v) is 4.83. The lowest BCUT2D eigenvalue weighted by atomic mass is 9.95. The van der Waals surface area contributed by atoms with Crippen LogP contribution < -0.4 is 14.8 Å². The summed E-state index contributed by atoms with van der Waals surface area (Å²) in [6.07, 6.45) is 6.44. The number of benzene rings is 1. The Morgan fingerprint density at radius 2 is 1.88 bits per heavy atom. The van der Waals surface area contributed by atoms with E-state index in [4.69, 9.17) is 18.9 Å². The van der Waals surface area contributed by atoms with Crippen LogP contribution in [0.2, 0.25) is 0 Å². The van der Waals surface area contributed by atoms with E-state index in [9.17, 15) is 14.4 Å². The minimum atomic E-state index is -0.681. The molecule has 2 aromatic rings. The molecule has 1 amide bonds. The Morgan fingerprint density at radius 1 is 1.09 bits per heavy atom. The summed E-state index contributed by atoms with van der Waals surface area (Å²) in [5.41, 5.74) is 2.03. The number of nitrogens with one attached hydrogen (secondary N) is 1. The lowest BCUT2D eigenvalue weighted by Gasteiger charge is -2.12. The molecule has 3 rings (SSSR count). The van der Waals surface area contributed by atoms with Gasteiger partial charge in [0.05, 0.1) is 26.4 Å². The minimum absolute atomic E-state index is 0.250. The van der Waals surface area contributed by atoms with Gasteiger partial charge in [-0.1, -0.05) is 0 Å². The van der Waals surface area contributed by atoms with E-state index < -0.39 is 24.5 Å². The maximum atomic E-state index is 12.5. The minimum Gasteiger partial charge on any atom is -0.497 e. The van der Waals surface area contributed by atoms with Gasteiger partial charge in [-0.3, -0.25) is 4.79 Å². The summed E-state index contributed by atoms with van der Waals surface area (Å²) >= 11 is 1.38. The first-order valence-electron chi connectivity index (χ1n) is 10.6. The largest absolute Gasteiger partial charge is 0.497 e. The monoisotopic (exact) mass is 473 g/mol. The molecule has 1 aliphatic carbocycles. The quantitative estimate of drug-likeness (QED) is 0.434. The number of thiophene rings is 1. The summed E-state index contributed by atoms with van der Waals surface area (Å²) in [7, 11) is 3.07. The third kappa shape index (κ3) is 6.13. The molecule has 0 aliphatic heterocycles. The molecule has 1 aromatic heterocycles. The van der Waals surface area contributed by atoms with E-state index in [1.807, 2.05) is 0 Å². The van der Waals surface area contributed by atoms with Crippen LogP contribution in [0.5, 0.6) is 11.5 Å². The Kier molecular flexibility index (Phi) is 8.48. The van der Waals surface area contributed by atoms with E-state index >= 15 is 0 Å². The standard InChI is InChI=1S/C24H27NO7S/c1-4-31-24(28)22-17-7-5-6-8-19(17)33-23(22)25-20(26)14-32-21(27)12-10-15-9-11-16(29-2)13-18(15)30-3/h9-13H,4-8,14H2,1-3H3,(H,25,26). The number of methoxy groups -OCH3 is 2. The van der Waals surface area contributed by atoms with Crippen LogP contribution in [-0.2, 0) is 31.9 Å². The number of anilines is 1. The fourth-order valence-electron chi connectivity index (χ4n) is 3.53. The van der Waals surface area contributed by atoms with Gasteiger partial charge in [-0.2, -0.15) is 0 Å². The van der Waals surface area contributed by atoms with Gasteiger partial charge >= 0.3 is 11.9 Å². The molecule has 1 aliphatic rings. The average Bonchev–Trinajstić information content (AvgIpc) is 3.19. The first-order chi connectivity index (χ1) is 16.0. The van der Waals surface area contributed by atoms with Gasteiger partial charge in [-0.05, 0) is 56.4 Å². The summed E-state index contributed by atoms with van der Waals surface area (Å²) in [6, 6.07) is 5.17. The van der Waals surface area contributed by atoms with Crippen LogP contribution in [-0.4, -0.2) is 45.3 Å². The number of carbonyl (C=O) groups excluding carboxylic acids is 3. The number of amides is 1. The van der Waals surface area contributed by atoms with Crippen molar-refractivity contribution in [2.45, 2.75) is 32.6 Å². The Hall–Kier alpha value is -3.33. The molecular weight excluding hydrogens is 446 g/mol. The third-order valence-corrected chi connectivity index (χ3v) is 6.30. The highest BCUT2D eigenvalue weighted by molar-refractivity contribution is 7.17. The molecule has 9 heteroatoms. The fraction of sp³-hybridized carbons (Fsp3) is 0.375. The van der Waals surface area contributed by atoms with Crippen molar-refractivity contribution in [2.24, 2.45) is 0 Å². The van der Waals surface area contributed by atoms with Crippen LogP contribution in [0.1, 0.15) is 46.1 Å². The third-order valence-electron chi connectivity index (χ3n) is 5.09. The summed E-state index contributed by atoms with van der Waals surface area (Å²) in [5, 5.41) is 3.16. The molecule has 0 atom stereocenters. The van der Waals surface area contributed by atoms with Crippen molar-refractivity contribution in [3.63, 3.8) is 0 Å². The molecule has 0 saturated heterocycles. The highest BCUT2D eigenvalue weighted by atomic mass is 32.1. The van der Waals surface area contributed by atoms with Crippen LogP contribution in [0, 0.1) is 0 Å². The van der Waals surface area contributed by atoms with Crippen LogP contribution in [0.15, 0.2) is 24.3 Å². The first-order valence-corrected chi connectivity index (χ1v) is 11.5. The molecule has 0 spiro atoms. The number of carbonyl (C=O) groups is 3. The van der Waals surface area contributed by atoms with E-state index in [1.165, 1.54) is 30.6 Å². The zero-order valence-corrected chi connectivity index (χ0v) is 19.7. The highest BCUT2D eigenvalue weighted by Crippen LogP contribution is 2.38. The molecular formula is C24H27NO7S. The zero-order chi connectivity index (χ0) is 23.8. The van der Waals surface area contributed by atoms with Crippen molar-refractivity contribution in [3.05, 3.63) is 45.8 Å². The van der Waals surface area contributed by atoms with Crippen LogP contribution >= 0.6 is 11.3 Å². The Bertz CT molecular complexity index is 1060. The van der Waals surface area contributed by atoms with Gasteiger partial charge in [-0.15, -0.1) is 11.3 Å². The Labute approximate surface area is 196 Å². The van der Waals surface area contributed by atoms with Gasteiger partial charge in [0.15, 0.2) is 6.61 Å². The molecule has 1 N–H and O–H groups in total. The van der Waals surface area contributed by atoms with E-state index in [0.29, 0.717) is 27.6 Å². The molecule has 1 heterocycles.